The highest BCUT2D eigenvalue weighted by molar-refractivity contribution is 6.04. The maximum Gasteiger partial charge on any atom is 0.177 e. The fraction of sp³-hybridized carbons (Fsp3) is 0.250. The lowest BCUT2D eigenvalue weighted by Gasteiger charge is -2.33. The van der Waals surface area contributed by atoms with Gasteiger partial charge < -0.3 is 20.1 Å². The molecule has 5 nitrogen and oxygen atoms in total. The second-order valence-corrected chi connectivity index (χ2v) is 6.46. The van der Waals surface area contributed by atoms with E-state index in [-0.39, 0.29) is 34.3 Å². The van der Waals surface area contributed by atoms with Gasteiger partial charge in [-0.2, -0.15) is 0 Å². The molecule has 0 aromatic heterocycles. The Morgan fingerprint density at radius 3 is 2.40 bits per heavy atom. The van der Waals surface area contributed by atoms with Gasteiger partial charge >= 0.3 is 0 Å². The normalized spacial score (nSPS) is 19.0. The van der Waals surface area contributed by atoms with Crippen molar-refractivity contribution >= 4 is 5.78 Å². The van der Waals surface area contributed by atoms with Crippen molar-refractivity contribution < 1.29 is 24.9 Å². The van der Waals surface area contributed by atoms with E-state index in [1.165, 1.54) is 18.2 Å². The highest BCUT2D eigenvalue weighted by Crippen LogP contribution is 2.45. The molecule has 1 heterocycles. The molecule has 2 atom stereocenters. The molecule has 0 saturated heterocycles. The summed E-state index contributed by atoms with van der Waals surface area (Å²) in [4.78, 5) is 13.0. The zero-order chi connectivity index (χ0) is 18.1. The van der Waals surface area contributed by atoms with Crippen LogP contribution in [0.4, 0.5) is 0 Å². The van der Waals surface area contributed by atoms with Crippen LogP contribution in [0.2, 0.25) is 0 Å². The molecular weight excluding hydrogens is 320 g/mol. The highest BCUT2D eigenvalue weighted by atomic mass is 16.5. The fourth-order valence-electron chi connectivity index (χ4n) is 3.03. The Morgan fingerprint density at radius 2 is 1.76 bits per heavy atom. The van der Waals surface area contributed by atoms with Gasteiger partial charge in [0.15, 0.2) is 5.78 Å². The summed E-state index contributed by atoms with van der Waals surface area (Å²) < 4.78 is 5.98. The number of hydrogen-bond acceptors (Lipinski definition) is 5. The number of hydrogen-bond donors (Lipinski definition) is 3. The van der Waals surface area contributed by atoms with Gasteiger partial charge in [-0.3, -0.25) is 4.79 Å². The van der Waals surface area contributed by atoms with Crippen LogP contribution in [0.15, 0.2) is 48.0 Å². The number of ether oxygens (including phenoxy) is 1. The molecule has 0 spiro atoms. The summed E-state index contributed by atoms with van der Waals surface area (Å²) in [6.07, 6.45) is 1.85. The molecule has 0 fully saturated rings. The largest absolute Gasteiger partial charge is 0.508 e. The van der Waals surface area contributed by atoms with E-state index in [0.29, 0.717) is 6.42 Å². The Balaban J connectivity index is 2.09. The van der Waals surface area contributed by atoms with E-state index in [4.69, 9.17) is 4.74 Å². The number of carbonyl (C=O) groups is 1. The summed E-state index contributed by atoms with van der Waals surface area (Å²) in [7, 11) is 0. The van der Waals surface area contributed by atoms with Gasteiger partial charge in [-0.15, -0.1) is 0 Å². The SMILES string of the molecule is CC(C)=CC[C@H]1C(=O)c2c(O)cc(O)cc2O[C@@H]1c1ccc(O)cc1. The third kappa shape index (κ3) is 3.31. The summed E-state index contributed by atoms with van der Waals surface area (Å²) in [6.45, 7) is 3.90. The summed E-state index contributed by atoms with van der Waals surface area (Å²) >= 11 is 0. The Labute approximate surface area is 145 Å². The quantitative estimate of drug-likeness (QED) is 0.733. The summed E-state index contributed by atoms with van der Waals surface area (Å²) in [5, 5.41) is 29.3. The van der Waals surface area contributed by atoms with Crippen LogP contribution in [0.25, 0.3) is 0 Å². The number of carbonyl (C=O) groups excluding carboxylic acids is 1. The van der Waals surface area contributed by atoms with Gasteiger partial charge in [-0.1, -0.05) is 23.8 Å². The zero-order valence-electron chi connectivity index (χ0n) is 14.1. The first-order chi connectivity index (χ1) is 11.9. The Morgan fingerprint density at radius 1 is 1.08 bits per heavy atom. The first-order valence-corrected chi connectivity index (χ1v) is 8.06. The number of aromatic hydroxyl groups is 3. The van der Waals surface area contributed by atoms with E-state index in [2.05, 4.69) is 0 Å². The van der Waals surface area contributed by atoms with E-state index in [1.807, 2.05) is 19.9 Å². The zero-order valence-corrected chi connectivity index (χ0v) is 14.1. The van der Waals surface area contributed by atoms with Gasteiger partial charge in [0.25, 0.3) is 0 Å². The van der Waals surface area contributed by atoms with Crippen LogP contribution in [0.1, 0.15) is 42.3 Å². The second kappa shape index (κ2) is 6.51. The Hall–Kier alpha value is -2.95. The lowest BCUT2D eigenvalue weighted by Crippen LogP contribution is -2.31. The van der Waals surface area contributed by atoms with Crippen molar-refractivity contribution in [1.82, 2.24) is 0 Å². The number of fused-ring (bicyclic) bond motifs is 1. The van der Waals surface area contributed by atoms with Gasteiger partial charge in [0.2, 0.25) is 0 Å². The Bertz CT molecular complexity index is 832. The maximum atomic E-state index is 13.0. The molecule has 130 valence electrons. The van der Waals surface area contributed by atoms with Gasteiger partial charge in [0.1, 0.15) is 34.7 Å². The first kappa shape index (κ1) is 16.9. The molecule has 2 aromatic rings. The van der Waals surface area contributed by atoms with Crippen LogP contribution in [0.3, 0.4) is 0 Å². The molecule has 0 radical (unpaired) electrons. The van der Waals surface area contributed by atoms with Crippen molar-refractivity contribution in [3.05, 3.63) is 59.2 Å². The molecule has 1 aliphatic rings. The van der Waals surface area contributed by atoms with Crippen LogP contribution in [0.5, 0.6) is 23.0 Å². The number of phenols is 3. The lowest BCUT2D eigenvalue weighted by molar-refractivity contribution is 0.0654. The van der Waals surface area contributed by atoms with Crippen LogP contribution in [0, 0.1) is 5.92 Å². The monoisotopic (exact) mass is 340 g/mol. The molecule has 0 unspecified atom stereocenters. The van der Waals surface area contributed by atoms with E-state index >= 15 is 0 Å². The molecule has 2 aromatic carbocycles. The number of rotatable bonds is 3. The third-order valence-electron chi connectivity index (χ3n) is 4.27. The van der Waals surface area contributed by atoms with Crippen LogP contribution in [-0.2, 0) is 0 Å². The van der Waals surface area contributed by atoms with Crippen molar-refractivity contribution in [2.75, 3.05) is 0 Å². The summed E-state index contributed by atoms with van der Waals surface area (Å²) in [5.41, 5.74) is 1.92. The molecule has 0 amide bonds. The molecule has 3 rings (SSSR count). The highest BCUT2D eigenvalue weighted by Gasteiger charge is 2.39. The van der Waals surface area contributed by atoms with Crippen LogP contribution in [-0.4, -0.2) is 21.1 Å². The van der Waals surface area contributed by atoms with E-state index in [9.17, 15) is 20.1 Å². The first-order valence-electron chi connectivity index (χ1n) is 8.06. The van der Waals surface area contributed by atoms with Crippen LogP contribution < -0.4 is 4.74 Å². The van der Waals surface area contributed by atoms with Crippen molar-refractivity contribution in [1.29, 1.82) is 0 Å². The van der Waals surface area contributed by atoms with Gasteiger partial charge in [-0.05, 0) is 38.0 Å². The molecular formula is C20H20O5. The van der Waals surface area contributed by atoms with Gasteiger partial charge in [0, 0.05) is 12.1 Å². The minimum atomic E-state index is -0.572. The second-order valence-electron chi connectivity index (χ2n) is 6.46. The van der Waals surface area contributed by atoms with Crippen molar-refractivity contribution in [3.63, 3.8) is 0 Å². The van der Waals surface area contributed by atoms with E-state index < -0.39 is 12.0 Å². The number of benzene rings is 2. The number of ketones is 1. The smallest absolute Gasteiger partial charge is 0.177 e. The minimum absolute atomic E-state index is 0.0972. The number of Topliss-reactive ketones (excluding diaryl/α,β-unsaturated/α-hetero) is 1. The predicted octanol–water partition coefficient (Wildman–Crippen LogP) is 4.09. The molecule has 0 bridgehead atoms. The average molecular weight is 340 g/mol. The lowest BCUT2D eigenvalue weighted by atomic mass is 9.83. The number of allylic oxidation sites excluding steroid dienone is 2. The third-order valence-corrected chi connectivity index (χ3v) is 4.27. The molecule has 3 N–H and O–H groups in total. The minimum Gasteiger partial charge on any atom is -0.508 e. The van der Waals surface area contributed by atoms with E-state index in [1.54, 1.807) is 12.1 Å². The van der Waals surface area contributed by atoms with Crippen molar-refractivity contribution in [3.8, 4) is 23.0 Å². The number of phenolic OH excluding ortho intramolecular Hbond substituents is 3. The molecule has 1 aliphatic heterocycles. The van der Waals surface area contributed by atoms with Crippen molar-refractivity contribution in [2.45, 2.75) is 26.4 Å². The summed E-state index contributed by atoms with van der Waals surface area (Å²) in [6, 6.07) is 8.95. The molecule has 0 saturated carbocycles. The molecule has 25 heavy (non-hydrogen) atoms. The fourth-order valence-corrected chi connectivity index (χ4v) is 3.03. The van der Waals surface area contributed by atoms with Gasteiger partial charge in [-0.25, -0.2) is 0 Å². The Kier molecular flexibility index (Phi) is 4.40. The van der Waals surface area contributed by atoms with Crippen LogP contribution >= 0.6 is 0 Å². The summed E-state index contributed by atoms with van der Waals surface area (Å²) in [5.74, 6) is -0.907. The predicted molar refractivity (Wildman–Crippen MR) is 93.1 cm³/mol. The maximum absolute atomic E-state index is 13.0. The standard InChI is InChI=1S/C20H20O5/c1-11(2)3-8-15-19(24)18-16(23)9-14(22)10-17(18)25-20(15)12-4-6-13(21)7-5-12/h3-7,9-10,15,20-23H,8H2,1-2H3/t15-,20+/m0/s1. The average Bonchev–Trinajstić information content (AvgIpc) is 2.53. The van der Waals surface area contributed by atoms with Gasteiger partial charge in [0.05, 0.1) is 5.92 Å². The molecule has 5 heteroatoms. The molecule has 0 aliphatic carbocycles. The van der Waals surface area contributed by atoms with Crippen molar-refractivity contribution in [2.24, 2.45) is 5.92 Å². The topological polar surface area (TPSA) is 87.0 Å². The van der Waals surface area contributed by atoms with E-state index in [0.717, 1.165) is 17.2 Å².